The lowest BCUT2D eigenvalue weighted by molar-refractivity contribution is 0.281. The van der Waals surface area contributed by atoms with Crippen LogP contribution in [0, 0.1) is 0 Å². The fraction of sp³-hybridized carbons (Fsp3) is 0.118. The molecule has 1 N–H and O–H groups in total. The Morgan fingerprint density at radius 2 is 2.00 bits per heavy atom. The molecule has 22 heavy (non-hydrogen) atoms. The zero-order valence-corrected chi connectivity index (χ0v) is 12.7. The van der Waals surface area contributed by atoms with Crippen molar-refractivity contribution in [3.8, 4) is 28.3 Å². The van der Waals surface area contributed by atoms with Crippen LogP contribution in [-0.2, 0) is 6.61 Å². The molecular formula is C17H14ClNO3. The number of benzene rings is 2. The number of aromatic nitrogens is 1. The highest BCUT2D eigenvalue weighted by molar-refractivity contribution is 6.33. The van der Waals surface area contributed by atoms with Gasteiger partial charge >= 0.3 is 0 Å². The summed E-state index contributed by atoms with van der Waals surface area (Å²) >= 11 is 6.20. The molecule has 0 bridgehead atoms. The maximum absolute atomic E-state index is 9.75. The second kappa shape index (κ2) is 6.22. The van der Waals surface area contributed by atoms with Crippen LogP contribution in [-0.4, -0.2) is 17.4 Å². The van der Waals surface area contributed by atoms with Gasteiger partial charge < -0.3 is 14.4 Å². The summed E-state index contributed by atoms with van der Waals surface area (Å²) in [6.07, 6.45) is 0. The van der Waals surface area contributed by atoms with Gasteiger partial charge in [0.25, 0.3) is 0 Å². The predicted molar refractivity (Wildman–Crippen MR) is 84.9 cm³/mol. The van der Waals surface area contributed by atoms with E-state index in [1.807, 2.05) is 42.5 Å². The Labute approximate surface area is 132 Å². The molecule has 0 spiro atoms. The molecule has 5 heteroatoms. The van der Waals surface area contributed by atoms with E-state index in [1.54, 1.807) is 13.2 Å². The van der Waals surface area contributed by atoms with Gasteiger partial charge in [-0.25, -0.2) is 0 Å². The maximum Gasteiger partial charge on any atom is 0.174 e. The lowest BCUT2D eigenvalue weighted by Crippen LogP contribution is -1.90. The van der Waals surface area contributed by atoms with E-state index in [-0.39, 0.29) is 6.61 Å². The van der Waals surface area contributed by atoms with Crippen LogP contribution in [0.1, 0.15) is 5.56 Å². The van der Waals surface area contributed by atoms with E-state index in [4.69, 9.17) is 20.9 Å². The number of rotatable bonds is 4. The standard InChI is InChI=1S/C17H14ClNO3/c1-21-12-6-4-5-11(9-12)16-14(10-20)17(22-19-16)13-7-2-3-8-15(13)18/h2-9,20H,10H2,1H3. The first-order valence-electron chi connectivity index (χ1n) is 6.73. The van der Waals surface area contributed by atoms with Crippen LogP contribution in [0.3, 0.4) is 0 Å². The van der Waals surface area contributed by atoms with Gasteiger partial charge in [0, 0.05) is 11.1 Å². The van der Waals surface area contributed by atoms with E-state index < -0.39 is 0 Å². The largest absolute Gasteiger partial charge is 0.497 e. The van der Waals surface area contributed by atoms with Crippen molar-refractivity contribution >= 4 is 11.6 Å². The minimum Gasteiger partial charge on any atom is -0.497 e. The molecule has 112 valence electrons. The molecule has 0 radical (unpaired) electrons. The van der Waals surface area contributed by atoms with Crippen molar-refractivity contribution in [2.75, 3.05) is 7.11 Å². The number of ether oxygens (including phenoxy) is 1. The molecule has 4 nitrogen and oxygen atoms in total. The van der Waals surface area contributed by atoms with Gasteiger partial charge in [0.05, 0.1) is 24.3 Å². The lowest BCUT2D eigenvalue weighted by atomic mass is 10.0. The summed E-state index contributed by atoms with van der Waals surface area (Å²) in [4.78, 5) is 0. The summed E-state index contributed by atoms with van der Waals surface area (Å²) in [5, 5.41) is 14.4. The Morgan fingerprint density at radius 3 is 2.73 bits per heavy atom. The second-order valence-corrected chi connectivity index (χ2v) is 5.12. The normalized spacial score (nSPS) is 10.7. The second-order valence-electron chi connectivity index (χ2n) is 4.71. The van der Waals surface area contributed by atoms with Gasteiger partial charge in [-0.05, 0) is 24.3 Å². The summed E-state index contributed by atoms with van der Waals surface area (Å²) in [6, 6.07) is 14.7. The third-order valence-electron chi connectivity index (χ3n) is 3.41. The molecule has 2 aromatic carbocycles. The van der Waals surface area contributed by atoms with Crippen molar-refractivity contribution in [2.45, 2.75) is 6.61 Å². The van der Waals surface area contributed by atoms with E-state index >= 15 is 0 Å². The van der Waals surface area contributed by atoms with Crippen LogP contribution in [0.15, 0.2) is 53.1 Å². The van der Waals surface area contributed by atoms with Gasteiger partial charge in [-0.15, -0.1) is 0 Å². The number of aliphatic hydroxyl groups excluding tert-OH is 1. The van der Waals surface area contributed by atoms with Crippen LogP contribution in [0.2, 0.25) is 5.02 Å². The van der Waals surface area contributed by atoms with Gasteiger partial charge in [-0.1, -0.05) is 41.0 Å². The van der Waals surface area contributed by atoms with Crippen LogP contribution < -0.4 is 4.74 Å². The minimum atomic E-state index is -0.198. The molecule has 1 heterocycles. The molecule has 0 amide bonds. The number of hydrogen-bond acceptors (Lipinski definition) is 4. The molecule has 0 aliphatic carbocycles. The monoisotopic (exact) mass is 315 g/mol. The number of hydrogen-bond donors (Lipinski definition) is 1. The first-order valence-corrected chi connectivity index (χ1v) is 7.11. The van der Waals surface area contributed by atoms with Gasteiger partial charge in [0.1, 0.15) is 11.4 Å². The van der Waals surface area contributed by atoms with Gasteiger partial charge in [0.15, 0.2) is 5.76 Å². The number of methoxy groups -OCH3 is 1. The Balaban J connectivity index is 2.13. The van der Waals surface area contributed by atoms with Crippen LogP contribution in [0.4, 0.5) is 0 Å². The van der Waals surface area contributed by atoms with Crippen molar-refractivity contribution in [2.24, 2.45) is 0 Å². The van der Waals surface area contributed by atoms with E-state index in [1.165, 1.54) is 0 Å². The van der Waals surface area contributed by atoms with Crippen LogP contribution in [0.5, 0.6) is 5.75 Å². The van der Waals surface area contributed by atoms with Gasteiger partial charge in [0.2, 0.25) is 0 Å². The summed E-state index contributed by atoms with van der Waals surface area (Å²) in [5.74, 6) is 1.19. The molecule has 1 aromatic heterocycles. The molecule has 0 unspecified atom stereocenters. The highest BCUT2D eigenvalue weighted by atomic mass is 35.5. The first-order chi connectivity index (χ1) is 10.7. The maximum atomic E-state index is 9.75. The summed E-state index contributed by atoms with van der Waals surface area (Å²) < 4.78 is 10.7. The van der Waals surface area contributed by atoms with E-state index in [9.17, 15) is 5.11 Å². The SMILES string of the molecule is COc1cccc(-c2noc(-c3ccccc3Cl)c2CO)c1. The van der Waals surface area contributed by atoms with E-state index in [0.717, 1.165) is 5.56 Å². The fourth-order valence-electron chi connectivity index (χ4n) is 2.31. The smallest absolute Gasteiger partial charge is 0.174 e. The third-order valence-corrected chi connectivity index (χ3v) is 3.74. The summed E-state index contributed by atoms with van der Waals surface area (Å²) in [7, 11) is 1.60. The third kappa shape index (κ3) is 2.58. The van der Waals surface area contributed by atoms with Crippen molar-refractivity contribution in [3.05, 3.63) is 59.1 Å². The number of nitrogens with zero attached hydrogens (tertiary/aromatic N) is 1. The van der Waals surface area contributed by atoms with Crippen molar-refractivity contribution in [1.29, 1.82) is 0 Å². The average molecular weight is 316 g/mol. The first kappa shape index (κ1) is 14.6. The van der Waals surface area contributed by atoms with Crippen molar-refractivity contribution in [3.63, 3.8) is 0 Å². The summed E-state index contributed by atoms with van der Waals surface area (Å²) in [5.41, 5.74) is 2.69. The van der Waals surface area contributed by atoms with Crippen LogP contribution in [0.25, 0.3) is 22.6 Å². The lowest BCUT2D eigenvalue weighted by Gasteiger charge is -2.04. The fourth-order valence-corrected chi connectivity index (χ4v) is 2.53. The highest BCUT2D eigenvalue weighted by Crippen LogP contribution is 2.36. The molecule has 0 fully saturated rings. The van der Waals surface area contributed by atoms with Crippen molar-refractivity contribution < 1.29 is 14.4 Å². The van der Waals surface area contributed by atoms with Crippen molar-refractivity contribution in [1.82, 2.24) is 5.16 Å². The number of aliphatic hydroxyl groups is 1. The molecule has 0 aliphatic heterocycles. The quantitative estimate of drug-likeness (QED) is 0.785. The molecule has 0 aliphatic rings. The Bertz CT molecular complexity index is 798. The Morgan fingerprint density at radius 1 is 1.18 bits per heavy atom. The molecular weight excluding hydrogens is 302 g/mol. The average Bonchev–Trinajstić information content (AvgIpc) is 2.99. The minimum absolute atomic E-state index is 0.198. The molecule has 0 atom stereocenters. The molecule has 3 rings (SSSR count). The molecule has 3 aromatic rings. The van der Waals surface area contributed by atoms with Gasteiger partial charge in [-0.3, -0.25) is 0 Å². The van der Waals surface area contributed by atoms with Crippen LogP contribution >= 0.6 is 11.6 Å². The number of halogens is 1. The highest BCUT2D eigenvalue weighted by Gasteiger charge is 2.20. The van der Waals surface area contributed by atoms with E-state index in [0.29, 0.717) is 33.4 Å². The Hall–Kier alpha value is -2.30. The van der Waals surface area contributed by atoms with E-state index in [2.05, 4.69) is 5.16 Å². The predicted octanol–water partition coefficient (Wildman–Crippen LogP) is 4.16. The zero-order chi connectivity index (χ0) is 15.5. The Kier molecular flexibility index (Phi) is 4.13. The molecule has 0 saturated carbocycles. The molecule has 0 saturated heterocycles. The zero-order valence-electron chi connectivity index (χ0n) is 11.9. The topological polar surface area (TPSA) is 55.5 Å². The summed E-state index contributed by atoms with van der Waals surface area (Å²) in [6.45, 7) is -0.198. The van der Waals surface area contributed by atoms with Gasteiger partial charge in [-0.2, -0.15) is 0 Å².